The van der Waals surface area contributed by atoms with E-state index in [0.29, 0.717) is 10.2 Å². The first kappa shape index (κ1) is 14.9. The van der Waals surface area contributed by atoms with Gasteiger partial charge in [0.2, 0.25) is 5.91 Å². The molecule has 6 heteroatoms. The SMILES string of the molecule is O=C(/C=C/c1nc2ccccc2s1)Nc1ccc(F)cc1Br. The Kier molecular flexibility index (Phi) is 4.31. The van der Waals surface area contributed by atoms with Crippen LogP contribution in [0.5, 0.6) is 0 Å². The fourth-order valence-corrected chi connectivity index (χ4v) is 3.19. The van der Waals surface area contributed by atoms with Crippen LogP contribution in [0.15, 0.2) is 53.0 Å². The van der Waals surface area contributed by atoms with E-state index in [4.69, 9.17) is 0 Å². The minimum atomic E-state index is -0.366. The first-order valence-electron chi connectivity index (χ1n) is 6.41. The van der Waals surface area contributed by atoms with E-state index in [1.165, 1.54) is 35.6 Å². The summed E-state index contributed by atoms with van der Waals surface area (Å²) >= 11 is 4.72. The van der Waals surface area contributed by atoms with Gasteiger partial charge in [-0.3, -0.25) is 4.79 Å². The van der Waals surface area contributed by atoms with Gasteiger partial charge in [-0.1, -0.05) is 12.1 Å². The molecule has 0 fully saturated rings. The third-order valence-corrected chi connectivity index (χ3v) is 4.53. The molecule has 3 nitrogen and oxygen atoms in total. The van der Waals surface area contributed by atoms with Gasteiger partial charge in [0, 0.05) is 10.5 Å². The lowest BCUT2D eigenvalue weighted by Crippen LogP contribution is -2.08. The molecule has 0 atom stereocenters. The highest BCUT2D eigenvalue weighted by Crippen LogP contribution is 2.24. The van der Waals surface area contributed by atoms with Crippen LogP contribution < -0.4 is 5.32 Å². The number of nitrogens with zero attached hydrogens (tertiary/aromatic N) is 1. The van der Waals surface area contributed by atoms with Crippen LogP contribution >= 0.6 is 27.3 Å². The zero-order valence-corrected chi connectivity index (χ0v) is 13.6. The lowest BCUT2D eigenvalue weighted by Gasteiger charge is -2.04. The van der Waals surface area contributed by atoms with Crippen LogP contribution in [0.1, 0.15) is 5.01 Å². The minimum Gasteiger partial charge on any atom is -0.321 e. The summed E-state index contributed by atoms with van der Waals surface area (Å²) in [6.45, 7) is 0. The van der Waals surface area contributed by atoms with Gasteiger partial charge in [-0.05, 0) is 52.3 Å². The van der Waals surface area contributed by atoms with Crippen LogP contribution in [0.25, 0.3) is 16.3 Å². The molecule has 1 N–H and O–H groups in total. The Labute approximate surface area is 138 Å². The number of amides is 1. The molecule has 1 heterocycles. The Morgan fingerprint density at radius 1 is 1.27 bits per heavy atom. The number of carbonyl (C=O) groups excluding carboxylic acids is 1. The number of halogens is 2. The third-order valence-electron chi connectivity index (χ3n) is 2.88. The zero-order chi connectivity index (χ0) is 15.5. The van der Waals surface area contributed by atoms with Gasteiger partial charge in [-0.15, -0.1) is 11.3 Å². The van der Waals surface area contributed by atoms with Crippen molar-refractivity contribution in [3.63, 3.8) is 0 Å². The monoisotopic (exact) mass is 376 g/mol. The number of benzene rings is 2. The number of thiazole rings is 1. The zero-order valence-electron chi connectivity index (χ0n) is 11.2. The Morgan fingerprint density at radius 3 is 2.86 bits per heavy atom. The topological polar surface area (TPSA) is 42.0 Å². The fraction of sp³-hybridized carbons (Fsp3) is 0. The molecule has 0 bridgehead atoms. The summed E-state index contributed by atoms with van der Waals surface area (Å²) in [7, 11) is 0. The van der Waals surface area contributed by atoms with Crippen molar-refractivity contribution in [2.45, 2.75) is 0 Å². The minimum absolute atomic E-state index is 0.299. The molecule has 3 aromatic rings. The quantitative estimate of drug-likeness (QED) is 0.663. The van der Waals surface area contributed by atoms with E-state index in [9.17, 15) is 9.18 Å². The first-order chi connectivity index (χ1) is 10.6. The Bertz CT molecular complexity index is 842. The lowest BCUT2D eigenvalue weighted by atomic mass is 10.3. The largest absolute Gasteiger partial charge is 0.321 e. The maximum Gasteiger partial charge on any atom is 0.248 e. The average Bonchev–Trinajstić information content (AvgIpc) is 2.91. The van der Waals surface area contributed by atoms with E-state index in [2.05, 4.69) is 26.2 Å². The van der Waals surface area contributed by atoms with Gasteiger partial charge in [0.05, 0.1) is 15.9 Å². The van der Waals surface area contributed by atoms with Gasteiger partial charge in [0.25, 0.3) is 0 Å². The Hall–Kier alpha value is -2.05. The smallest absolute Gasteiger partial charge is 0.248 e. The molecular weight excluding hydrogens is 367 g/mol. The van der Waals surface area contributed by atoms with Gasteiger partial charge in [0.15, 0.2) is 0 Å². The summed E-state index contributed by atoms with van der Waals surface area (Å²) in [5.74, 6) is -0.665. The van der Waals surface area contributed by atoms with Crippen LogP contribution in [0, 0.1) is 5.82 Å². The van der Waals surface area contributed by atoms with Gasteiger partial charge >= 0.3 is 0 Å². The van der Waals surface area contributed by atoms with Crippen molar-refractivity contribution in [2.24, 2.45) is 0 Å². The number of rotatable bonds is 3. The van der Waals surface area contributed by atoms with Gasteiger partial charge < -0.3 is 5.32 Å². The maximum atomic E-state index is 13.0. The predicted octanol–water partition coefficient (Wildman–Crippen LogP) is 4.85. The normalized spacial score (nSPS) is 11.2. The van der Waals surface area contributed by atoms with Crippen molar-refractivity contribution in [1.29, 1.82) is 0 Å². The average molecular weight is 377 g/mol. The van der Waals surface area contributed by atoms with Crippen LogP contribution in [-0.2, 0) is 4.79 Å². The molecule has 0 saturated heterocycles. The number of carbonyl (C=O) groups is 1. The van der Waals surface area contributed by atoms with Gasteiger partial charge in [-0.2, -0.15) is 0 Å². The molecule has 0 saturated carbocycles. The summed E-state index contributed by atoms with van der Waals surface area (Å²) in [6, 6.07) is 11.9. The van der Waals surface area contributed by atoms with E-state index in [1.54, 1.807) is 6.08 Å². The molecule has 22 heavy (non-hydrogen) atoms. The molecular formula is C16H10BrFN2OS. The van der Waals surface area contributed by atoms with Gasteiger partial charge in [0.1, 0.15) is 10.8 Å². The van der Waals surface area contributed by atoms with E-state index in [-0.39, 0.29) is 11.7 Å². The number of anilines is 1. The molecule has 0 unspecified atom stereocenters. The molecule has 0 spiro atoms. The number of aromatic nitrogens is 1. The maximum absolute atomic E-state index is 13.0. The van der Waals surface area contributed by atoms with Crippen LogP contribution in [0.4, 0.5) is 10.1 Å². The van der Waals surface area contributed by atoms with Crippen molar-refractivity contribution in [3.05, 3.63) is 63.8 Å². The molecule has 110 valence electrons. The summed E-state index contributed by atoms with van der Waals surface area (Å²) in [6.07, 6.45) is 3.07. The summed E-state index contributed by atoms with van der Waals surface area (Å²) < 4.78 is 14.6. The third kappa shape index (κ3) is 3.40. The molecule has 0 aliphatic heterocycles. The van der Waals surface area contributed by atoms with Crippen molar-refractivity contribution in [2.75, 3.05) is 5.32 Å². The second-order valence-corrected chi connectivity index (χ2v) is 6.38. The fourth-order valence-electron chi connectivity index (χ4n) is 1.87. The van der Waals surface area contributed by atoms with Crippen molar-refractivity contribution >= 4 is 55.2 Å². The highest BCUT2D eigenvalue weighted by Gasteiger charge is 2.05. The van der Waals surface area contributed by atoms with Crippen molar-refractivity contribution in [1.82, 2.24) is 4.98 Å². The predicted molar refractivity (Wildman–Crippen MR) is 91.4 cm³/mol. The van der Waals surface area contributed by atoms with Crippen molar-refractivity contribution in [3.8, 4) is 0 Å². The number of hydrogen-bond acceptors (Lipinski definition) is 3. The van der Waals surface area contributed by atoms with Crippen LogP contribution in [0.2, 0.25) is 0 Å². The summed E-state index contributed by atoms with van der Waals surface area (Å²) in [5.41, 5.74) is 1.43. The molecule has 1 aromatic heterocycles. The van der Waals surface area contributed by atoms with E-state index < -0.39 is 0 Å². The lowest BCUT2D eigenvalue weighted by molar-refractivity contribution is -0.111. The van der Waals surface area contributed by atoms with Crippen molar-refractivity contribution < 1.29 is 9.18 Å². The van der Waals surface area contributed by atoms with E-state index in [1.807, 2.05) is 24.3 Å². The van der Waals surface area contributed by atoms with Gasteiger partial charge in [-0.25, -0.2) is 9.37 Å². The Balaban J connectivity index is 1.73. The number of fused-ring (bicyclic) bond motifs is 1. The molecule has 0 aliphatic carbocycles. The molecule has 1 amide bonds. The van der Waals surface area contributed by atoms with E-state index >= 15 is 0 Å². The highest BCUT2D eigenvalue weighted by atomic mass is 79.9. The molecule has 0 aliphatic rings. The first-order valence-corrected chi connectivity index (χ1v) is 8.02. The number of hydrogen-bond donors (Lipinski definition) is 1. The van der Waals surface area contributed by atoms with E-state index in [0.717, 1.165) is 15.2 Å². The number of para-hydroxylation sites is 1. The summed E-state index contributed by atoms with van der Waals surface area (Å²) in [5, 5.41) is 3.44. The van der Waals surface area contributed by atoms with Crippen LogP contribution in [-0.4, -0.2) is 10.9 Å². The van der Waals surface area contributed by atoms with Crippen LogP contribution in [0.3, 0.4) is 0 Å². The summed E-state index contributed by atoms with van der Waals surface area (Å²) in [4.78, 5) is 16.3. The second kappa shape index (κ2) is 6.37. The Morgan fingerprint density at radius 2 is 2.09 bits per heavy atom. The second-order valence-electron chi connectivity index (χ2n) is 4.47. The standard InChI is InChI=1S/C16H10BrFN2OS/c17-11-9-10(18)5-6-12(11)19-15(21)7-8-16-20-13-3-1-2-4-14(13)22-16/h1-9H,(H,19,21)/b8-7+. The molecule has 3 rings (SSSR count). The highest BCUT2D eigenvalue weighted by molar-refractivity contribution is 9.10. The number of nitrogens with one attached hydrogen (secondary N) is 1. The molecule has 2 aromatic carbocycles. The molecule has 0 radical (unpaired) electrons.